The first kappa shape index (κ1) is 15.5. The van der Waals surface area contributed by atoms with Crippen molar-refractivity contribution in [1.29, 1.82) is 0 Å². The Morgan fingerprint density at radius 1 is 1.56 bits per heavy atom. The molecular weight excluding hydrogens is 314 g/mol. The van der Waals surface area contributed by atoms with Gasteiger partial charge in [-0.2, -0.15) is 0 Å². The Labute approximate surface area is 122 Å². The van der Waals surface area contributed by atoms with Crippen molar-refractivity contribution in [2.45, 2.75) is 24.7 Å². The van der Waals surface area contributed by atoms with Crippen molar-refractivity contribution < 1.29 is 9.90 Å². The summed E-state index contributed by atoms with van der Waals surface area (Å²) in [7, 11) is 0. The predicted molar refractivity (Wildman–Crippen MR) is 79.2 cm³/mol. The highest BCUT2D eigenvalue weighted by Crippen LogP contribution is 2.19. The molecule has 18 heavy (non-hydrogen) atoms. The number of nitrogens with one attached hydrogen (secondary N) is 1. The standard InChI is InChI=1S/C13H18BrNO2S/c1-9(8-16)3-2-6-15-13(17)11-5-4-10(14)7-12(11)18/h4-5,7,9,16,18H,2-3,6,8H2,1H3,(H,15,17). The van der Waals surface area contributed by atoms with Crippen LogP contribution >= 0.6 is 28.6 Å². The van der Waals surface area contributed by atoms with E-state index in [2.05, 4.69) is 33.9 Å². The lowest BCUT2D eigenvalue weighted by Gasteiger charge is -2.09. The first-order chi connectivity index (χ1) is 8.54. The quantitative estimate of drug-likeness (QED) is 0.554. The molecule has 3 nitrogen and oxygen atoms in total. The summed E-state index contributed by atoms with van der Waals surface area (Å²) in [4.78, 5) is 12.5. The average molecular weight is 332 g/mol. The smallest absolute Gasteiger partial charge is 0.252 e. The van der Waals surface area contributed by atoms with Crippen LogP contribution in [-0.2, 0) is 0 Å². The lowest BCUT2D eigenvalue weighted by Crippen LogP contribution is -2.25. The molecule has 1 amide bonds. The minimum Gasteiger partial charge on any atom is -0.396 e. The molecule has 1 aromatic carbocycles. The Hall–Kier alpha value is -0.520. The van der Waals surface area contributed by atoms with E-state index in [-0.39, 0.29) is 18.4 Å². The molecule has 0 heterocycles. The second-order valence-electron chi connectivity index (χ2n) is 4.35. The second kappa shape index (κ2) is 7.81. The summed E-state index contributed by atoms with van der Waals surface area (Å²) >= 11 is 7.60. The van der Waals surface area contributed by atoms with E-state index < -0.39 is 0 Å². The zero-order chi connectivity index (χ0) is 13.5. The van der Waals surface area contributed by atoms with Gasteiger partial charge in [-0.3, -0.25) is 4.79 Å². The maximum absolute atomic E-state index is 11.9. The summed E-state index contributed by atoms with van der Waals surface area (Å²) in [6.07, 6.45) is 1.77. The minimum absolute atomic E-state index is 0.107. The van der Waals surface area contributed by atoms with E-state index in [0.717, 1.165) is 17.3 Å². The number of carbonyl (C=O) groups is 1. The molecule has 0 spiro atoms. The van der Waals surface area contributed by atoms with E-state index in [9.17, 15) is 4.79 Å². The van der Waals surface area contributed by atoms with Gasteiger partial charge in [0.1, 0.15) is 0 Å². The van der Waals surface area contributed by atoms with Gasteiger partial charge in [0.05, 0.1) is 5.56 Å². The zero-order valence-electron chi connectivity index (χ0n) is 10.3. The summed E-state index contributed by atoms with van der Waals surface area (Å²) in [6.45, 7) is 2.80. The number of benzene rings is 1. The lowest BCUT2D eigenvalue weighted by atomic mass is 10.1. The predicted octanol–water partition coefficient (Wildman–Crippen LogP) is 2.88. The third-order valence-electron chi connectivity index (χ3n) is 2.68. The zero-order valence-corrected chi connectivity index (χ0v) is 12.8. The van der Waals surface area contributed by atoms with Gasteiger partial charge in [-0.25, -0.2) is 0 Å². The van der Waals surface area contributed by atoms with Gasteiger partial charge >= 0.3 is 0 Å². The topological polar surface area (TPSA) is 49.3 Å². The summed E-state index contributed by atoms with van der Waals surface area (Å²) in [5.74, 6) is 0.180. The van der Waals surface area contributed by atoms with Gasteiger partial charge in [0, 0.05) is 22.5 Å². The van der Waals surface area contributed by atoms with Crippen LogP contribution in [0.15, 0.2) is 27.6 Å². The molecule has 0 fully saturated rings. The van der Waals surface area contributed by atoms with Crippen LogP contribution in [0, 0.1) is 5.92 Å². The summed E-state index contributed by atoms with van der Waals surface area (Å²) in [5.41, 5.74) is 0.580. The van der Waals surface area contributed by atoms with Crippen LogP contribution in [-0.4, -0.2) is 24.2 Å². The number of amides is 1. The first-order valence-corrected chi connectivity index (χ1v) is 7.16. The minimum atomic E-state index is -0.107. The molecular formula is C13H18BrNO2S. The van der Waals surface area contributed by atoms with Crippen molar-refractivity contribution in [2.24, 2.45) is 5.92 Å². The third-order valence-corrected chi connectivity index (χ3v) is 3.54. The molecule has 2 N–H and O–H groups in total. The number of carbonyl (C=O) groups excluding carboxylic acids is 1. The molecule has 0 saturated heterocycles. The Morgan fingerprint density at radius 3 is 2.89 bits per heavy atom. The van der Waals surface area contributed by atoms with Gasteiger partial charge in [-0.1, -0.05) is 22.9 Å². The van der Waals surface area contributed by atoms with E-state index in [1.807, 2.05) is 13.0 Å². The van der Waals surface area contributed by atoms with Crippen LogP contribution < -0.4 is 5.32 Å². The average Bonchev–Trinajstić information content (AvgIpc) is 2.34. The molecule has 100 valence electrons. The van der Waals surface area contributed by atoms with Crippen LogP contribution in [0.4, 0.5) is 0 Å². The van der Waals surface area contributed by atoms with Crippen molar-refractivity contribution in [3.8, 4) is 0 Å². The van der Waals surface area contributed by atoms with E-state index in [1.165, 1.54) is 0 Å². The van der Waals surface area contributed by atoms with Gasteiger partial charge in [0.2, 0.25) is 0 Å². The van der Waals surface area contributed by atoms with Crippen LogP contribution in [0.3, 0.4) is 0 Å². The van der Waals surface area contributed by atoms with Gasteiger partial charge in [0.15, 0.2) is 0 Å². The molecule has 0 radical (unpaired) electrons. The number of rotatable bonds is 6. The summed E-state index contributed by atoms with van der Waals surface area (Å²) in [5, 5.41) is 11.7. The highest BCUT2D eigenvalue weighted by molar-refractivity contribution is 9.10. The van der Waals surface area contributed by atoms with Crippen molar-refractivity contribution in [3.63, 3.8) is 0 Å². The Kier molecular flexibility index (Phi) is 6.75. The maximum Gasteiger partial charge on any atom is 0.252 e. The number of hydrogen-bond acceptors (Lipinski definition) is 3. The molecule has 0 aliphatic heterocycles. The fourth-order valence-corrected chi connectivity index (χ4v) is 2.39. The Balaban J connectivity index is 2.41. The molecule has 5 heteroatoms. The van der Waals surface area contributed by atoms with Crippen molar-refractivity contribution in [3.05, 3.63) is 28.2 Å². The van der Waals surface area contributed by atoms with Crippen molar-refractivity contribution in [1.82, 2.24) is 5.32 Å². The molecule has 1 unspecified atom stereocenters. The molecule has 0 saturated carbocycles. The van der Waals surface area contributed by atoms with Crippen LogP contribution in [0.1, 0.15) is 30.1 Å². The molecule has 1 rings (SSSR count). The monoisotopic (exact) mass is 331 g/mol. The SMILES string of the molecule is CC(CO)CCCNC(=O)c1ccc(Br)cc1S. The molecule has 0 aliphatic carbocycles. The molecule has 0 bridgehead atoms. The van der Waals surface area contributed by atoms with E-state index in [0.29, 0.717) is 17.0 Å². The molecule has 0 aromatic heterocycles. The third kappa shape index (κ3) is 5.00. The summed E-state index contributed by atoms with van der Waals surface area (Å²) < 4.78 is 0.904. The fraction of sp³-hybridized carbons (Fsp3) is 0.462. The Morgan fingerprint density at radius 2 is 2.28 bits per heavy atom. The second-order valence-corrected chi connectivity index (χ2v) is 5.74. The van der Waals surface area contributed by atoms with Gasteiger partial charge in [0.25, 0.3) is 5.91 Å². The van der Waals surface area contributed by atoms with Gasteiger partial charge < -0.3 is 10.4 Å². The van der Waals surface area contributed by atoms with Gasteiger partial charge in [-0.15, -0.1) is 12.6 Å². The summed E-state index contributed by atoms with van der Waals surface area (Å²) in [6, 6.07) is 5.37. The van der Waals surface area contributed by atoms with E-state index in [4.69, 9.17) is 5.11 Å². The Bertz CT molecular complexity index is 412. The molecule has 0 aliphatic rings. The largest absolute Gasteiger partial charge is 0.396 e. The maximum atomic E-state index is 11.9. The van der Waals surface area contributed by atoms with E-state index in [1.54, 1.807) is 12.1 Å². The first-order valence-electron chi connectivity index (χ1n) is 5.92. The number of aliphatic hydroxyl groups is 1. The highest BCUT2D eigenvalue weighted by atomic mass is 79.9. The number of thiol groups is 1. The normalized spacial score (nSPS) is 12.2. The van der Waals surface area contributed by atoms with E-state index >= 15 is 0 Å². The lowest BCUT2D eigenvalue weighted by molar-refractivity contribution is 0.0949. The molecule has 1 aromatic rings. The number of aliphatic hydroxyl groups excluding tert-OH is 1. The van der Waals surface area contributed by atoms with Crippen molar-refractivity contribution in [2.75, 3.05) is 13.2 Å². The van der Waals surface area contributed by atoms with Gasteiger partial charge in [-0.05, 0) is 37.0 Å². The number of halogens is 1. The van der Waals surface area contributed by atoms with Crippen molar-refractivity contribution >= 4 is 34.5 Å². The van der Waals surface area contributed by atoms with Crippen LogP contribution in [0.25, 0.3) is 0 Å². The fourth-order valence-electron chi connectivity index (χ4n) is 1.54. The number of hydrogen-bond donors (Lipinski definition) is 3. The molecule has 1 atom stereocenters. The van der Waals surface area contributed by atoms with Crippen LogP contribution in [0.5, 0.6) is 0 Å². The van der Waals surface area contributed by atoms with Crippen LogP contribution in [0.2, 0.25) is 0 Å². The highest BCUT2D eigenvalue weighted by Gasteiger charge is 2.09.